The van der Waals surface area contributed by atoms with Crippen LogP contribution in [0.15, 0.2) is 158 Å². The Balaban J connectivity index is 1.37. The minimum atomic E-state index is 0.204. The van der Waals surface area contributed by atoms with Crippen LogP contribution in [0.25, 0.3) is 66.8 Å². The quantitative estimate of drug-likeness (QED) is 0.154. The molecule has 4 nitrogen and oxygen atoms in total. The molecule has 46 heavy (non-hydrogen) atoms. The van der Waals surface area contributed by atoms with Crippen molar-refractivity contribution in [2.75, 3.05) is 0 Å². The van der Waals surface area contributed by atoms with Crippen molar-refractivity contribution < 1.29 is 20.4 Å². The van der Waals surface area contributed by atoms with Gasteiger partial charge in [0.1, 0.15) is 23.0 Å². The highest BCUT2D eigenvalue weighted by Gasteiger charge is 2.17. The van der Waals surface area contributed by atoms with E-state index in [1.165, 1.54) is 0 Å². The van der Waals surface area contributed by atoms with Crippen LogP contribution in [-0.4, -0.2) is 20.4 Å². The van der Waals surface area contributed by atoms with Crippen molar-refractivity contribution in [3.8, 4) is 89.8 Å². The van der Waals surface area contributed by atoms with Crippen LogP contribution in [0.3, 0.4) is 0 Å². The molecule has 0 radical (unpaired) electrons. The van der Waals surface area contributed by atoms with Crippen LogP contribution in [-0.2, 0) is 0 Å². The van der Waals surface area contributed by atoms with Crippen molar-refractivity contribution in [3.05, 3.63) is 158 Å². The second-order valence-electron chi connectivity index (χ2n) is 11.2. The van der Waals surface area contributed by atoms with E-state index in [0.717, 1.165) is 66.8 Å². The van der Waals surface area contributed by atoms with Gasteiger partial charge in [-0.05, 0) is 115 Å². The highest BCUT2D eigenvalue weighted by atomic mass is 16.3. The van der Waals surface area contributed by atoms with Crippen LogP contribution >= 0.6 is 0 Å². The maximum atomic E-state index is 10.0. The standard InChI is InChI=1S/C42H30O4/c43-33-19-11-29(12-20-33)39-5-1-3-37(41(39)31-15-23-35(45)24-16-31)27-7-9-28(10-8-27)38-4-2-6-40(30-13-21-34(44)22-14-30)42(38)32-17-25-36(46)26-18-32/h1-26,43-46H. The first-order chi connectivity index (χ1) is 22.4. The molecule has 0 heterocycles. The summed E-state index contributed by atoms with van der Waals surface area (Å²) in [7, 11) is 0. The van der Waals surface area contributed by atoms with E-state index >= 15 is 0 Å². The van der Waals surface area contributed by atoms with Crippen LogP contribution in [0, 0.1) is 0 Å². The van der Waals surface area contributed by atoms with Crippen LogP contribution in [0.5, 0.6) is 23.0 Å². The molecule has 0 amide bonds. The molecule has 222 valence electrons. The molecule has 0 aliphatic heterocycles. The lowest BCUT2D eigenvalue weighted by molar-refractivity contribution is 0.475. The SMILES string of the molecule is Oc1ccc(-c2cccc(-c3ccc(-c4cccc(-c5ccc(O)cc5)c4-c4ccc(O)cc4)cc3)c2-c2ccc(O)cc2)cc1. The summed E-state index contributed by atoms with van der Waals surface area (Å²) in [6.07, 6.45) is 0. The van der Waals surface area contributed by atoms with Crippen LogP contribution in [0.4, 0.5) is 0 Å². The topological polar surface area (TPSA) is 80.9 Å². The predicted octanol–water partition coefficient (Wildman–Crippen LogP) is 10.5. The summed E-state index contributed by atoms with van der Waals surface area (Å²) in [5.41, 5.74) is 12.1. The summed E-state index contributed by atoms with van der Waals surface area (Å²) in [6.45, 7) is 0. The normalized spacial score (nSPS) is 11.0. The fraction of sp³-hybridized carbons (Fsp3) is 0. The number of rotatable bonds is 6. The molecule has 0 fully saturated rings. The Morgan fingerprint density at radius 3 is 0.652 bits per heavy atom. The molecule has 7 aromatic carbocycles. The lowest BCUT2D eigenvalue weighted by Gasteiger charge is -2.18. The fourth-order valence-electron chi connectivity index (χ4n) is 6.06. The molecule has 0 aliphatic rings. The van der Waals surface area contributed by atoms with E-state index in [0.29, 0.717) is 0 Å². The van der Waals surface area contributed by atoms with Crippen LogP contribution < -0.4 is 0 Å². The maximum absolute atomic E-state index is 10.0. The Hall–Kier alpha value is -6.26. The number of aromatic hydroxyl groups is 4. The summed E-state index contributed by atoms with van der Waals surface area (Å²) < 4.78 is 0. The molecule has 4 heteroatoms. The van der Waals surface area contributed by atoms with Crippen molar-refractivity contribution in [3.63, 3.8) is 0 Å². The van der Waals surface area contributed by atoms with Gasteiger partial charge < -0.3 is 20.4 Å². The van der Waals surface area contributed by atoms with Crippen LogP contribution in [0.2, 0.25) is 0 Å². The first-order valence-corrected chi connectivity index (χ1v) is 15.0. The van der Waals surface area contributed by atoms with Crippen LogP contribution in [0.1, 0.15) is 0 Å². The summed E-state index contributed by atoms with van der Waals surface area (Å²) in [4.78, 5) is 0. The molecule has 7 aromatic rings. The smallest absolute Gasteiger partial charge is 0.115 e. The Kier molecular flexibility index (Phi) is 7.45. The zero-order valence-electron chi connectivity index (χ0n) is 24.8. The second kappa shape index (κ2) is 12.0. The number of phenolic OH excluding ortho intramolecular Hbond substituents is 4. The average Bonchev–Trinajstić information content (AvgIpc) is 3.09. The molecular formula is C42H30O4. The molecule has 0 spiro atoms. The van der Waals surface area contributed by atoms with Gasteiger partial charge in [-0.2, -0.15) is 0 Å². The van der Waals surface area contributed by atoms with E-state index in [2.05, 4.69) is 48.5 Å². The molecular weight excluding hydrogens is 568 g/mol. The Labute approximate surface area is 267 Å². The molecule has 0 aromatic heterocycles. The molecule has 4 N–H and O–H groups in total. The van der Waals surface area contributed by atoms with E-state index in [9.17, 15) is 20.4 Å². The molecule has 0 aliphatic carbocycles. The number of phenols is 4. The van der Waals surface area contributed by atoms with E-state index in [1.807, 2.05) is 60.7 Å². The molecule has 0 unspecified atom stereocenters. The lowest BCUT2D eigenvalue weighted by atomic mass is 9.85. The van der Waals surface area contributed by atoms with Gasteiger partial charge in [-0.15, -0.1) is 0 Å². The summed E-state index contributed by atoms with van der Waals surface area (Å²) >= 11 is 0. The monoisotopic (exact) mass is 598 g/mol. The Morgan fingerprint density at radius 2 is 0.413 bits per heavy atom. The predicted molar refractivity (Wildman–Crippen MR) is 186 cm³/mol. The van der Waals surface area contributed by atoms with Gasteiger partial charge in [0.25, 0.3) is 0 Å². The molecule has 0 saturated carbocycles. The molecule has 0 atom stereocenters. The van der Waals surface area contributed by atoms with Gasteiger partial charge >= 0.3 is 0 Å². The van der Waals surface area contributed by atoms with Gasteiger partial charge in [-0.25, -0.2) is 0 Å². The third-order valence-corrected chi connectivity index (χ3v) is 8.30. The van der Waals surface area contributed by atoms with Crippen molar-refractivity contribution >= 4 is 0 Å². The van der Waals surface area contributed by atoms with Gasteiger partial charge in [0, 0.05) is 0 Å². The van der Waals surface area contributed by atoms with Crippen molar-refractivity contribution in [2.45, 2.75) is 0 Å². The van der Waals surface area contributed by atoms with Crippen molar-refractivity contribution in [2.24, 2.45) is 0 Å². The zero-order valence-corrected chi connectivity index (χ0v) is 24.8. The van der Waals surface area contributed by atoms with Gasteiger partial charge in [-0.1, -0.05) is 109 Å². The van der Waals surface area contributed by atoms with E-state index in [1.54, 1.807) is 48.5 Å². The van der Waals surface area contributed by atoms with E-state index < -0.39 is 0 Å². The lowest BCUT2D eigenvalue weighted by Crippen LogP contribution is -1.92. The number of hydrogen-bond donors (Lipinski definition) is 4. The molecule has 0 saturated heterocycles. The number of benzene rings is 7. The molecule has 0 bridgehead atoms. The van der Waals surface area contributed by atoms with E-state index in [4.69, 9.17) is 0 Å². The third kappa shape index (κ3) is 5.56. The highest BCUT2D eigenvalue weighted by Crippen LogP contribution is 2.43. The minimum absolute atomic E-state index is 0.204. The maximum Gasteiger partial charge on any atom is 0.115 e. The largest absolute Gasteiger partial charge is 0.508 e. The Bertz CT molecular complexity index is 1970. The fourth-order valence-corrected chi connectivity index (χ4v) is 6.06. The van der Waals surface area contributed by atoms with Gasteiger partial charge in [0.2, 0.25) is 0 Å². The van der Waals surface area contributed by atoms with E-state index in [-0.39, 0.29) is 23.0 Å². The zero-order chi connectivity index (χ0) is 31.6. The first kappa shape index (κ1) is 28.5. The average molecular weight is 599 g/mol. The summed E-state index contributed by atoms with van der Waals surface area (Å²) in [5, 5.41) is 39.9. The Morgan fingerprint density at radius 1 is 0.217 bits per heavy atom. The summed E-state index contributed by atoms with van der Waals surface area (Å²) in [6, 6.07) is 49.8. The van der Waals surface area contributed by atoms with Gasteiger partial charge in [0.05, 0.1) is 0 Å². The van der Waals surface area contributed by atoms with Crippen molar-refractivity contribution in [1.82, 2.24) is 0 Å². The highest BCUT2D eigenvalue weighted by molar-refractivity contribution is 5.97. The summed E-state index contributed by atoms with van der Waals surface area (Å²) in [5.74, 6) is 0.831. The number of hydrogen-bond acceptors (Lipinski definition) is 4. The first-order valence-electron chi connectivity index (χ1n) is 15.0. The van der Waals surface area contributed by atoms with Gasteiger partial charge in [-0.3, -0.25) is 0 Å². The van der Waals surface area contributed by atoms with Gasteiger partial charge in [0.15, 0.2) is 0 Å². The molecule has 7 rings (SSSR count). The second-order valence-corrected chi connectivity index (χ2v) is 11.2. The third-order valence-electron chi connectivity index (χ3n) is 8.30. The minimum Gasteiger partial charge on any atom is -0.508 e. The van der Waals surface area contributed by atoms with Crippen molar-refractivity contribution in [1.29, 1.82) is 0 Å².